The molecule has 0 saturated carbocycles. The van der Waals surface area contributed by atoms with Gasteiger partial charge in [-0.15, -0.1) is 0 Å². The molecule has 2 aromatic carbocycles. The van der Waals surface area contributed by atoms with Crippen LogP contribution in [0.15, 0.2) is 59.8 Å². The maximum Gasteiger partial charge on any atom is 0.312 e. The van der Waals surface area contributed by atoms with Gasteiger partial charge in [0.25, 0.3) is 0 Å². The van der Waals surface area contributed by atoms with E-state index < -0.39 is 20.6 Å². The van der Waals surface area contributed by atoms with E-state index in [2.05, 4.69) is 4.98 Å². The second kappa shape index (κ2) is 5.87. The fourth-order valence-corrected chi connectivity index (χ4v) is 2.69. The molecule has 1 heterocycles. The highest BCUT2D eigenvalue weighted by Gasteiger charge is 2.20. The van der Waals surface area contributed by atoms with Crippen LogP contribution in [0.1, 0.15) is 0 Å². The number of hydrogen-bond acceptors (Lipinski definition) is 6. The van der Waals surface area contributed by atoms with Gasteiger partial charge in [-0.2, -0.15) is 0 Å². The van der Waals surface area contributed by atoms with Crippen LogP contribution < -0.4 is 9.88 Å². The van der Waals surface area contributed by atoms with Gasteiger partial charge in [-0.25, -0.2) is 13.6 Å². The van der Waals surface area contributed by atoms with Crippen LogP contribution in [0.2, 0.25) is 0 Å². The van der Waals surface area contributed by atoms with Crippen molar-refractivity contribution in [2.24, 2.45) is 5.14 Å². The summed E-state index contributed by atoms with van der Waals surface area (Å²) in [7, 11) is -4.05. The van der Waals surface area contributed by atoms with Crippen LogP contribution in [0.3, 0.4) is 0 Å². The van der Waals surface area contributed by atoms with Crippen LogP contribution in [0, 0.1) is 10.1 Å². The number of rotatable bonds is 4. The van der Waals surface area contributed by atoms with Crippen molar-refractivity contribution >= 4 is 26.5 Å². The van der Waals surface area contributed by atoms with Crippen LogP contribution >= 0.6 is 0 Å². The largest absolute Gasteiger partial charge is 0.450 e. The Hall–Kier alpha value is -3.04. The number of aromatic nitrogens is 1. The Balaban J connectivity index is 2.03. The number of nitrogens with two attached hydrogens (primary N) is 1. The number of sulfonamides is 1. The van der Waals surface area contributed by atoms with Crippen molar-refractivity contribution in [1.29, 1.82) is 0 Å². The van der Waals surface area contributed by atoms with Crippen molar-refractivity contribution in [2.75, 3.05) is 0 Å². The first-order valence-electron chi connectivity index (χ1n) is 6.67. The Labute approximate surface area is 136 Å². The molecule has 0 fully saturated rings. The summed E-state index contributed by atoms with van der Waals surface area (Å²) < 4.78 is 28.2. The van der Waals surface area contributed by atoms with Gasteiger partial charge in [0.05, 0.1) is 9.82 Å². The Bertz CT molecular complexity index is 1050. The van der Waals surface area contributed by atoms with Gasteiger partial charge < -0.3 is 4.74 Å². The lowest BCUT2D eigenvalue weighted by Gasteiger charge is -2.08. The van der Waals surface area contributed by atoms with E-state index in [1.807, 2.05) is 6.07 Å². The van der Waals surface area contributed by atoms with Gasteiger partial charge in [0.1, 0.15) is 5.75 Å². The molecular formula is C15H11N3O5S. The van der Waals surface area contributed by atoms with Crippen molar-refractivity contribution < 1.29 is 18.1 Å². The lowest BCUT2D eigenvalue weighted by molar-refractivity contribution is -0.385. The highest BCUT2D eigenvalue weighted by molar-refractivity contribution is 7.89. The molecule has 0 spiro atoms. The molecule has 1 aromatic heterocycles. The van der Waals surface area contributed by atoms with E-state index >= 15 is 0 Å². The second-order valence-electron chi connectivity index (χ2n) is 4.92. The number of ether oxygens (including phenoxy) is 1. The van der Waals surface area contributed by atoms with Gasteiger partial charge >= 0.3 is 5.69 Å². The van der Waals surface area contributed by atoms with E-state index in [0.717, 1.165) is 22.9 Å². The summed E-state index contributed by atoms with van der Waals surface area (Å²) in [4.78, 5) is 14.1. The van der Waals surface area contributed by atoms with Gasteiger partial charge in [-0.3, -0.25) is 15.1 Å². The quantitative estimate of drug-likeness (QED) is 0.572. The third kappa shape index (κ3) is 3.16. The van der Waals surface area contributed by atoms with Crippen molar-refractivity contribution in [3.63, 3.8) is 0 Å². The number of nitro benzene ring substituents is 1. The second-order valence-corrected chi connectivity index (χ2v) is 6.48. The zero-order chi connectivity index (χ0) is 17.3. The topological polar surface area (TPSA) is 125 Å². The Morgan fingerprint density at radius 2 is 1.88 bits per heavy atom. The van der Waals surface area contributed by atoms with E-state index in [1.165, 1.54) is 6.07 Å². The van der Waals surface area contributed by atoms with Crippen LogP contribution in [0.4, 0.5) is 5.69 Å². The molecule has 0 aliphatic carbocycles. The molecule has 2 N–H and O–H groups in total. The first kappa shape index (κ1) is 15.8. The van der Waals surface area contributed by atoms with Crippen LogP contribution in [-0.4, -0.2) is 18.3 Å². The van der Waals surface area contributed by atoms with E-state index in [1.54, 1.807) is 30.6 Å². The molecule has 8 nitrogen and oxygen atoms in total. The standard InChI is InChI=1S/C15H11N3O5S/c16-24(21,22)13-3-4-15(14(8-13)18(19)20)23-12-2-1-10-5-6-17-9-11(10)7-12/h1-9H,(H2,16,21,22). The molecule has 3 aromatic rings. The van der Waals surface area contributed by atoms with Crippen molar-refractivity contribution in [3.05, 3.63) is 65.0 Å². The fourth-order valence-electron chi connectivity index (χ4n) is 2.16. The summed E-state index contributed by atoms with van der Waals surface area (Å²) in [5, 5.41) is 17.9. The van der Waals surface area contributed by atoms with Gasteiger partial charge in [0.2, 0.25) is 15.8 Å². The minimum Gasteiger partial charge on any atom is -0.450 e. The number of nitro groups is 1. The number of primary sulfonamides is 1. The van der Waals surface area contributed by atoms with Gasteiger partial charge in [0.15, 0.2) is 0 Å². The molecule has 0 saturated heterocycles. The van der Waals surface area contributed by atoms with Crippen molar-refractivity contribution in [1.82, 2.24) is 4.98 Å². The van der Waals surface area contributed by atoms with Crippen molar-refractivity contribution in [3.8, 4) is 11.5 Å². The predicted molar refractivity (Wildman–Crippen MR) is 86.3 cm³/mol. The molecule has 9 heteroatoms. The zero-order valence-electron chi connectivity index (χ0n) is 12.1. The van der Waals surface area contributed by atoms with Crippen molar-refractivity contribution in [2.45, 2.75) is 4.90 Å². The smallest absolute Gasteiger partial charge is 0.312 e. The normalized spacial score (nSPS) is 11.4. The molecule has 24 heavy (non-hydrogen) atoms. The third-order valence-corrected chi connectivity index (χ3v) is 4.21. The number of hydrogen-bond donors (Lipinski definition) is 1. The van der Waals surface area contributed by atoms with Gasteiger partial charge in [0, 0.05) is 23.8 Å². The van der Waals surface area contributed by atoms with Crippen LogP contribution in [0.25, 0.3) is 10.8 Å². The monoisotopic (exact) mass is 345 g/mol. The minimum atomic E-state index is -4.05. The summed E-state index contributed by atoms with van der Waals surface area (Å²) >= 11 is 0. The minimum absolute atomic E-state index is 0.0874. The van der Waals surface area contributed by atoms with E-state index in [0.29, 0.717) is 5.75 Å². The van der Waals surface area contributed by atoms with E-state index in [4.69, 9.17) is 9.88 Å². The Morgan fingerprint density at radius 1 is 1.08 bits per heavy atom. The molecule has 0 radical (unpaired) electrons. The number of nitrogens with zero attached hydrogens (tertiary/aromatic N) is 2. The SMILES string of the molecule is NS(=O)(=O)c1ccc(Oc2ccc3ccncc3c2)c([N+](=O)[O-])c1. The lowest BCUT2D eigenvalue weighted by atomic mass is 10.2. The maximum absolute atomic E-state index is 11.3. The molecular weight excluding hydrogens is 334 g/mol. The molecule has 0 aliphatic rings. The molecule has 0 atom stereocenters. The van der Waals surface area contributed by atoms with Crippen LogP contribution in [-0.2, 0) is 10.0 Å². The number of fused-ring (bicyclic) bond motifs is 1. The maximum atomic E-state index is 11.3. The molecule has 3 rings (SSSR count). The lowest BCUT2D eigenvalue weighted by Crippen LogP contribution is -2.12. The summed E-state index contributed by atoms with van der Waals surface area (Å²) in [6, 6.07) is 10.2. The summed E-state index contributed by atoms with van der Waals surface area (Å²) in [6.45, 7) is 0. The van der Waals surface area contributed by atoms with Gasteiger partial charge in [-0.1, -0.05) is 6.07 Å². The third-order valence-electron chi connectivity index (χ3n) is 3.30. The first-order chi connectivity index (χ1) is 11.3. The number of benzene rings is 2. The molecule has 0 bridgehead atoms. The average Bonchev–Trinajstić information content (AvgIpc) is 2.54. The van der Waals surface area contributed by atoms with E-state index in [9.17, 15) is 18.5 Å². The summed E-state index contributed by atoms with van der Waals surface area (Å²) in [6.07, 6.45) is 3.29. The Morgan fingerprint density at radius 3 is 2.58 bits per heavy atom. The predicted octanol–water partition coefficient (Wildman–Crippen LogP) is 2.58. The van der Waals surface area contributed by atoms with E-state index in [-0.39, 0.29) is 10.6 Å². The molecule has 0 aliphatic heterocycles. The zero-order valence-corrected chi connectivity index (χ0v) is 12.9. The molecule has 0 unspecified atom stereocenters. The number of pyridine rings is 1. The molecule has 0 amide bonds. The molecule has 122 valence electrons. The van der Waals surface area contributed by atoms with Gasteiger partial charge in [-0.05, 0) is 35.7 Å². The first-order valence-corrected chi connectivity index (χ1v) is 8.22. The summed E-state index contributed by atoms with van der Waals surface area (Å²) in [5.74, 6) is 0.276. The summed E-state index contributed by atoms with van der Waals surface area (Å²) in [5.41, 5.74) is -0.493. The average molecular weight is 345 g/mol. The highest BCUT2D eigenvalue weighted by Crippen LogP contribution is 2.34. The van der Waals surface area contributed by atoms with Crippen LogP contribution in [0.5, 0.6) is 11.5 Å². The highest BCUT2D eigenvalue weighted by atomic mass is 32.2. The fraction of sp³-hybridized carbons (Fsp3) is 0. The Kier molecular flexibility index (Phi) is 3.87.